The number of carbonyl (C=O) groups excluding carboxylic acids is 2. The van der Waals surface area contributed by atoms with Crippen molar-refractivity contribution in [1.82, 2.24) is 9.78 Å². The summed E-state index contributed by atoms with van der Waals surface area (Å²) in [5.74, 6) is -0.352. The Morgan fingerprint density at radius 1 is 1.18 bits per heavy atom. The number of amides is 1. The molecule has 0 atom stereocenters. The Balaban J connectivity index is 1.82. The molecule has 4 rings (SSSR count). The van der Waals surface area contributed by atoms with Crippen molar-refractivity contribution in [3.05, 3.63) is 59.3 Å². The Hall–Kier alpha value is -3.97. The van der Waals surface area contributed by atoms with Gasteiger partial charge < -0.3 is 5.32 Å². The number of fused-ring (bicyclic) bond motifs is 1. The molecule has 0 bridgehead atoms. The van der Waals surface area contributed by atoms with E-state index in [0.717, 1.165) is 0 Å². The fraction of sp³-hybridized carbons (Fsp3) is 0.217. The van der Waals surface area contributed by atoms with Crippen LogP contribution in [0.1, 0.15) is 41.4 Å². The van der Waals surface area contributed by atoms with Crippen LogP contribution in [-0.4, -0.2) is 30.0 Å². The number of nitriles is 1. The predicted molar refractivity (Wildman–Crippen MR) is 122 cm³/mol. The van der Waals surface area contributed by atoms with E-state index < -0.39 is 10.0 Å². The number of hydrogen-bond acceptors (Lipinski definition) is 6. The first-order valence-corrected chi connectivity index (χ1v) is 11.8. The van der Waals surface area contributed by atoms with Crippen LogP contribution >= 0.6 is 0 Å². The van der Waals surface area contributed by atoms with E-state index in [0.29, 0.717) is 34.4 Å². The largest absolute Gasteiger partial charge is 0.310 e. The van der Waals surface area contributed by atoms with Gasteiger partial charge in [-0.1, -0.05) is 25.1 Å². The number of benzene rings is 2. The van der Waals surface area contributed by atoms with Crippen LogP contribution in [0.5, 0.6) is 0 Å². The van der Waals surface area contributed by atoms with Crippen LogP contribution in [0.4, 0.5) is 11.5 Å². The number of nitrogens with zero attached hydrogens (tertiary/aromatic N) is 3. The third kappa shape index (κ3) is 4.23. The molecule has 3 aromatic rings. The summed E-state index contributed by atoms with van der Waals surface area (Å²) in [5.41, 5.74) is 2.71. The SMILES string of the molecule is CCc1nn2c(c1-c1ccc(C)c(S(=O)(=O)Nc3cccc(C#N)c3)c1)NC(=O)CCC2=O. The molecule has 0 fully saturated rings. The van der Waals surface area contributed by atoms with E-state index >= 15 is 0 Å². The van der Waals surface area contributed by atoms with Crippen molar-refractivity contribution < 1.29 is 18.0 Å². The summed E-state index contributed by atoms with van der Waals surface area (Å²) in [6.07, 6.45) is 0.582. The van der Waals surface area contributed by atoms with E-state index in [-0.39, 0.29) is 41.1 Å². The Morgan fingerprint density at radius 3 is 2.70 bits per heavy atom. The molecule has 2 aromatic carbocycles. The normalized spacial score (nSPS) is 13.6. The lowest BCUT2D eigenvalue weighted by Crippen LogP contribution is -2.15. The lowest BCUT2D eigenvalue weighted by molar-refractivity contribution is -0.116. The minimum Gasteiger partial charge on any atom is -0.310 e. The number of nitrogens with one attached hydrogen (secondary N) is 2. The maximum atomic E-state index is 13.2. The van der Waals surface area contributed by atoms with Crippen LogP contribution in [0.2, 0.25) is 0 Å². The number of aryl methyl sites for hydroxylation is 2. The zero-order valence-corrected chi connectivity index (χ0v) is 18.9. The zero-order chi connectivity index (χ0) is 23.8. The summed E-state index contributed by atoms with van der Waals surface area (Å²) >= 11 is 0. The molecule has 1 amide bonds. The molecule has 1 aliphatic rings. The summed E-state index contributed by atoms with van der Waals surface area (Å²) in [7, 11) is -3.99. The van der Waals surface area contributed by atoms with Gasteiger partial charge in [0.2, 0.25) is 11.8 Å². The Bertz CT molecular complexity index is 1430. The average Bonchev–Trinajstić information content (AvgIpc) is 3.09. The minimum absolute atomic E-state index is 0.0376. The van der Waals surface area contributed by atoms with Crippen molar-refractivity contribution in [3.63, 3.8) is 0 Å². The zero-order valence-electron chi connectivity index (χ0n) is 18.0. The number of rotatable bonds is 5. The molecule has 0 aliphatic carbocycles. The van der Waals surface area contributed by atoms with Crippen LogP contribution in [0.25, 0.3) is 11.1 Å². The Morgan fingerprint density at radius 2 is 1.97 bits per heavy atom. The van der Waals surface area contributed by atoms with Gasteiger partial charge in [0.05, 0.1) is 27.9 Å². The van der Waals surface area contributed by atoms with Gasteiger partial charge in [-0.3, -0.25) is 14.3 Å². The molecule has 0 radical (unpaired) electrons. The highest BCUT2D eigenvalue weighted by Gasteiger charge is 2.28. The molecule has 1 aliphatic heterocycles. The summed E-state index contributed by atoms with van der Waals surface area (Å²) < 4.78 is 30.1. The number of sulfonamides is 1. The first kappa shape index (κ1) is 22.2. The first-order chi connectivity index (χ1) is 15.7. The maximum absolute atomic E-state index is 13.2. The van der Waals surface area contributed by atoms with Gasteiger partial charge in [-0.25, -0.2) is 8.42 Å². The van der Waals surface area contributed by atoms with Gasteiger partial charge in [-0.05, 0) is 48.7 Å². The first-order valence-electron chi connectivity index (χ1n) is 10.3. The standard InChI is InChI=1S/C23H21N5O4S/c1-3-18-22(23-25-20(29)9-10-21(30)28(23)26-18)16-8-7-14(2)19(12-16)33(31,32)27-17-6-4-5-15(11-17)13-24/h4-8,11-12,27H,3,9-10H2,1-2H3,(H,25,29). The predicted octanol–water partition coefficient (Wildman–Crippen LogP) is 3.47. The molecule has 2 N–H and O–H groups in total. The molecule has 168 valence electrons. The highest BCUT2D eigenvalue weighted by Crippen LogP contribution is 2.36. The van der Waals surface area contributed by atoms with Gasteiger partial charge in [-0.15, -0.1) is 0 Å². The average molecular weight is 464 g/mol. The third-order valence-electron chi connectivity index (χ3n) is 5.36. The quantitative estimate of drug-likeness (QED) is 0.595. The topological polar surface area (TPSA) is 134 Å². The molecule has 0 saturated heterocycles. The van der Waals surface area contributed by atoms with Crippen LogP contribution in [0, 0.1) is 18.3 Å². The van der Waals surface area contributed by atoms with Crippen molar-refractivity contribution in [3.8, 4) is 17.2 Å². The summed E-state index contributed by atoms with van der Waals surface area (Å²) in [5, 5.41) is 16.2. The molecule has 0 unspecified atom stereocenters. The van der Waals surface area contributed by atoms with Crippen molar-refractivity contribution in [2.45, 2.75) is 38.0 Å². The van der Waals surface area contributed by atoms with E-state index in [1.165, 1.54) is 16.8 Å². The highest BCUT2D eigenvalue weighted by atomic mass is 32.2. The van der Waals surface area contributed by atoms with Crippen molar-refractivity contribution in [2.24, 2.45) is 0 Å². The second kappa shape index (κ2) is 8.52. The Kier molecular flexibility index (Phi) is 5.74. The smallest absolute Gasteiger partial charge is 0.262 e. The number of hydrogen-bond donors (Lipinski definition) is 2. The molecule has 9 nitrogen and oxygen atoms in total. The maximum Gasteiger partial charge on any atom is 0.262 e. The third-order valence-corrected chi connectivity index (χ3v) is 6.89. The highest BCUT2D eigenvalue weighted by molar-refractivity contribution is 7.92. The second-order valence-corrected chi connectivity index (χ2v) is 9.31. The lowest BCUT2D eigenvalue weighted by Gasteiger charge is -2.13. The molecule has 0 saturated carbocycles. The van der Waals surface area contributed by atoms with Crippen LogP contribution in [0.3, 0.4) is 0 Å². The summed E-state index contributed by atoms with van der Waals surface area (Å²) in [6.45, 7) is 3.54. The van der Waals surface area contributed by atoms with Crippen LogP contribution in [0.15, 0.2) is 47.4 Å². The minimum atomic E-state index is -3.99. The van der Waals surface area contributed by atoms with Gasteiger partial charge in [0.25, 0.3) is 10.0 Å². The summed E-state index contributed by atoms with van der Waals surface area (Å²) in [6, 6.07) is 13.1. The van der Waals surface area contributed by atoms with Crippen molar-refractivity contribution in [2.75, 3.05) is 10.0 Å². The van der Waals surface area contributed by atoms with Gasteiger partial charge in [0.15, 0.2) is 0 Å². The van der Waals surface area contributed by atoms with Crippen LogP contribution < -0.4 is 10.0 Å². The number of anilines is 2. The van der Waals surface area contributed by atoms with Gasteiger partial charge in [-0.2, -0.15) is 15.0 Å². The molecular weight excluding hydrogens is 442 g/mol. The molecule has 1 aromatic heterocycles. The van der Waals surface area contributed by atoms with E-state index in [9.17, 15) is 18.0 Å². The number of aromatic nitrogens is 2. The van der Waals surface area contributed by atoms with Gasteiger partial charge in [0.1, 0.15) is 5.82 Å². The second-order valence-electron chi connectivity index (χ2n) is 7.66. The van der Waals surface area contributed by atoms with Gasteiger partial charge >= 0.3 is 0 Å². The van der Waals surface area contributed by atoms with E-state index in [4.69, 9.17) is 5.26 Å². The van der Waals surface area contributed by atoms with E-state index in [1.807, 2.05) is 13.0 Å². The van der Waals surface area contributed by atoms with Gasteiger partial charge in [0, 0.05) is 18.4 Å². The lowest BCUT2D eigenvalue weighted by atomic mass is 10.0. The Labute approximate surface area is 191 Å². The summed E-state index contributed by atoms with van der Waals surface area (Å²) in [4.78, 5) is 24.7. The molecule has 2 heterocycles. The van der Waals surface area contributed by atoms with Crippen molar-refractivity contribution in [1.29, 1.82) is 5.26 Å². The number of carbonyl (C=O) groups is 2. The fourth-order valence-electron chi connectivity index (χ4n) is 3.74. The molecule has 0 spiro atoms. The van der Waals surface area contributed by atoms with E-state index in [2.05, 4.69) is 15.1 Å². The monoisotopic (exact) mass is 463 g/mol. The van der Waals surface area contributed by atoms with Crippen LogP contribution in [-0.2, 0) is 21.2 Å². The molecule has 33 heavy (non-hydrogen) atoms. The fourth-order valence-corrected chi connectivity index (χ4v) is 5.06. The van der Waals surface area contributed by atoms with E-state index in [1.54, 1.807) is 37.3 Å². The van der Waals surface area contributed by atoms with Crippen molar-refractivity contribution >= 4 is 33.3 Å². The molecular formula is C23H21N5O4S. The molecule has 10 heteroatoms.